The number of amidine groups is 1. The number of nitrogens with two attached hydrogens (primary N) is 1. The number of hydrogen-bond acceptors (Lipinski definition) is 3. The summed E-state index contributed by atoms with van der Waals surface area (Å²) in [4.78, 5) is 14.4. The molecule has 0 unspecified atom stereocenters. The average molecular weight is 373 g/mol. The van der Waals surface area contributed by atoms with Crippen LogP contribution >= 0.6 is 22.6 Å². The maximum atomic E-state index is 12.5. The van der Waals surface area contributed by atoms with Crippen molar-refractivity contribution in [3.63, 3.8) is 0 Å². The van der Waals surface area contributed by atoms with Gasteiger partial charge in [-0.3, -0.25) is 4.79 Å². The third-order valence-electron chi connectivity index (χ3n) is 3.09. The van der Waals surface area contributed by atoms with Crippen LogP contribution < -0.4 is 5.73 Å². The minimum Gasteiger partial charge on any atom is -0.409 e. The lowest BCUT2D eigenvalue weighted by molar-refractivity contribution is 0.0746. The van der Waals surface area contributed by atoms with Crippen molar-refractivity contribution in [3.8, 4) is 0 Å². The van der Waals surface area contributed by atoms with Crippen LogP contribution in [0, 0.1) is 3.57 Å². The van der Waals surface area contributed by atoms with E-state index in [1.165, 1.54) is 0 Å². The minimum absolute atomic E-state index is 0.0261. The Balaban J connectivity index is 2.11. The molecule has 0 atom stereocenters. The zero-order valence-electron chi connectivity index (χ0n) is 10.4. The maximum Gasteiger partial charge on any atom is 0.255 e. The number of amides is 1. The monoisotopic (exact) mass is 373 g/mol. The Morgan fingerprint density at radius 3 is 2.74 bits per heavy atom. The van der Waals surface area contributed by atoms with Crippen molar-refractivity contribution in [2.45, 2.75) is 25.3 Å². The van der Waals surface area contributed by atoms with E-state index in [2.05, 4.69) is 27.7 Å². The first-order valence-electron chi connectivity index (χ1n) is 6.15. The van der Waals surface area contributed by atoms with E-state index in [9.17, 15) is 4.79 Å². The normalized spacial score (nSPS) is 15.3. The van der Waals surface area contributed by atoms with E-state index >= 15 is 0 Å². The summed E-state index contributed by atoms with van der Waals surface area (Å²) in [6.07, 6.45) is 2.46. The predicted molar refractivity (Wildman–Crippen MR) is 81.2 cm³/mol. The van der Waals surface area contributed by atoms with Gasteiger partial charge >= 0.3 is 0 Å². The number of rotatable bonds is 5. The summed E-state index contributed by atoms with van der Waals surface area (Å²) in [6, 6.07) is 7.83. The van der Waals surface area contributed by atoms with Crippen LogP contribution in [0.25, 0.3) is 0 Å². The molecule has 0 bridgehead atoms. The van der Waals surface area contributed by atoms with E-state index in [4.69, 9.17) is 10.9 Å². The van der Waals surface area contributed by atoms with Crippen LogP contribution in [0.5, 0.6) is 0 Å². The highest BCUT2D eigenvalue weighted by molar-refractivity contribution is 14.1. The molecule has 1 aliphatic carbocycles. The lowest BCUT2D eigenvalue weighted by Crippen LogP contribution is -2.36. The molecule has 2 rings (SSSR count). The average Bonchev–Trinajstić information content (AvgIpc) is 3.23. The maximum absolute atomic E-state index is 12.5. The van der Waals surface area contributed by atoms with E-state index < -0.39 is 0 Å². The molecule has 1 saturated carbocycles. The topological polar surface area (TPSA) is 78.9 Å². The zero-order valence-corrected chi connectivity index (χ0v) is 12.6. The van der Waals surface area contributed by atoms with Crippen LogP contribution in [0.4, 0.5) is 0 Å². The molecule has 6 heteroatoms. The first-order valence-corrected chi connectivity index (χ1v) is 7.23. The number of carbonyl (C=O) groups is 1. The molecule has 0 saturated heterocycles. The Bertz CT molecular complexity index is 500. The van der Waals surface area contributed by atoms with Gasteiger partial charge in [-0.05, 0) is 47.6 Å². The van der Waals surface area contributed by atoms with Gasteiger partial charge in [-0.15, -0.1) is 0 Å². The van der Waals surface area contributed by atoms with Crippen molar-refractivity contribution in [2.75, 3.05) is 6.54 Å². The molecule has 0 aromatic heterocycles. The second-order valence-electron chi connectivity index (χ2n) is 4.55. The summed E-state index contributed by atoms with van der Waals surface area (Å²) < 4.78 is 0.944. The number of carbonyl (C=O) groups excluding carboxylic acids is 1. The number of halogens is 1. The highest BCUT2D eigenvalue weighted by Crippen LogP contribution is 2.29. The summed E-state index contributed by atoms with van der Waals surface area (Å²) >= 11 is 2.17. The van der Waals surface area contributed by atoms with E-state index in [-0.39, 0.29) is 11.7 Å². The van der Waals surface area contributed by atoms with Crippen molar-refractivity contribution in [1.82, 2.24) is 4.90 Å². The molecule has 1 amide bonds. The van der Waals surface area contributed by atoms with Crippen molar-refractivity contribution >= 4 is 34.3 Å². The third kappa shape index (κ3) is 3.59. The molecule has 1 aromatic rings. The van der Waals surface area contributed by atoms with Crippen LogP contribution in [0.2, 0.25) is 0 Å². The summed E-state index contributed by atoms with van der Waals surface area (Å²) in [6.45, 7) is 0.490. The second kappa shape index (κ2) is 6.23. The van der Waals surface area contributed by atoms with Crippen molar-refractivity contribution in [2.24, 2.45) is 10.9 Å². The van der Waals surface area contributed by atoms with Gasteiger partial charge in [-0.2, -0.15) is 0 Å². The van der Waals surface area contributed by atoms with Gasteiger partial charge < -0.3 is 15.8 Å². The van der Waals surface area contributed by atoms with Crippen LogP contribution in [-0.4, -0.2) is 34.4 Å². The lowest BCUT2D eigenvalue weighted by Gasteiger charge is -2.22. The summed E-state index contributed by atoms with van der Waals surface area (Å²) in [5.74, 6) is 0.180. The van der Waals surface area contributed by atoms with Gasteiger partial charge in [-0.25, -0.2) is 0 Å². The first-order chi connectivity index (χ1) is 9.13. The SMILES string of the molecule is NC(CCN(C(=O)c1ccccc1I)C1CC1)=NO. The van der Waals surface area contributed by atoms with Gasteiger partial charge in [0.2, 0.25) is 0 Å². The van der Waals surface area contributed by atoms with Gasteiger partial charge in [0.05, 0.1) is 5.56 Å². The summed E-state index contributed by atoms with van der Waals surface area (Å²) in [5.41, 5.74) is 6.19. The first kappa shape index (κ1) is 14.1. The van der Waals surface area contributed by atoms with Crippen molar-refractivity contribution < 1.29 is 10.0 Å². The molecule has 0 heterocycles. The van der Waals surface area contributed by atoms with Crippen molar-refractivity contribution in [3.05, 3.63) is 33.4 Å². The molecule has 0 spiro atoms. The van der Waals surface area contributed by atoms with Crippen LogP contribution in [0.3, 0.4) is 0 Å². The number of hydrogen-bond donors (Lipinski definition) is 2. The summed E-state index contributed by atoms with van der Waals surface area (Å²) in [7, 11) is 0. The smallest absolute Gasteiger partial charge is 0.255 e. The molecule has 5 nitrogen and oxygen atoms in total. The Morgan fingerprint density at radius 2 is 2.16 bits per heavy atom. The third-order valence-corrected chi connectivity index (χ3v) is 4.03. The standard InChI is InChI=1S/C13H16IN3O2/c14-11-4-2-1-3-10(11)13(18)17(9-5-6-9)8-7-12(15)16-19/h1-4,9,19H,5-8H2,(H2,15,16). The molecule has 0 radical (unpaired) electrons. The molecule has 102 valence electrons. The fourth-order valence-corrected chi connectivity index (χ4v) is 2.53. The molecule has 1 aromatic carbocycles. The molecule has 1 fully saturated rings. The van der Waals surface area contributed by atoms with Crippen LogP contribution in [-0.2, 0) is 0 Å². The quantitative estimate of drug-likeness (QED) is 0.273. The number of nitrogens with zero attached hydrogens (tertiary/aromatic N) is 2. The van der Waals surface area contributed by atoms with Crippen LogP contribution in [0.15, 0.2) is 29.4 Å². The predicted octanol–water partition coefficient (Wildman–Crippen LogP) is 2.03. The molecular weight excluding hydrogens is 357 g/mol. The molecule has 0 aliphatic heterocycles. The summed E-state index contributed by atoms with van der Waals surface area (Å²) in [5, 5.41) is 11.5. The zero-order chi connectivity index (χ0) is 13.8. The highest BCUT2D eigenvalue weighted by Gasteiger charge is 2.33. The van der Waals surface area contributed by atoms with Crippen molar-refractivity contribution in [1.29, 1.82) is 0 Å². The van der Waals surface area contributed by atoms with E-state index in [1.807, 2.05) is 29.2 Å². The van der Waals surface area contributed by atoms with E-state index in [0.29, 0.717) is 19.0 Å². The number of oxime groups is 1. The van der Waals surface area contributed by atoms with Gasteiger partial charge in [0, 0.05) is 22.6 Å². The van der Waals surface area contributed by atoms with Gasteiger partial charge in [0.15, 0.2) is 0 Å². The Kier molecular flexibility index (Phi) is 4.62. The lowest BCUT2D eigenvalue weighted by atomic mass is 10.2. The highest BCUT2D eigenvalue weighted by atomic mass is 127. The van der Waals surface area contributed by atoms with E-state index in [0.717, 1.165) is 22.0 Å². The molecule has 3 N–H and O–H groups in total. The second-order valence-corrected chi connectivity index (χ2v) is 5.71. The Labute approximate surface area is 125 Å². The van der Waals surface area contributed by atoms with Gasteiger partial charge in [-0.1, -0.05) is 17.3 Å². The largest absolute Gasteiger partial charge is 0.409 e. The molecular formula is C13H16IN3O2. The molecule has 19 heavy (non-hydrogen) atoms. The fourth-order valence-electron chi connectivity index (χ4n) is 1.91. The fraction of sp³-hybridized carbons (Fsp3) is 0.385. The molecule has 1 aliphatic rings. The van der Waals surface area contributed by atoms with E-state index in [1.54, 1.807) is 0 Å². The van der Waals surface area contributed by atoms with Crippen LogP contribution in [0.1, 0.15) is 29.6 Å². The van der Waals surface area contributed by atoms with Gasteiger partial charge in [0.25, 0.3) is 5.91 Å². The minimum atomic E-state index is 0.0261. The Morgan fingerprint density at radius 1 is 1.47 bits per heavy atom. The van der Waals surface area contributed by atoms with Gasteiger partial charge in [0.1, 0.15) is 5.84 Å². The number of benzene rings is 1. The Hall–Kier alpha value is -1.31.